The van der Waals surface area contributed by atoms with Gasteiger partial charge in [-0.15, -0.1) is 0 Å². The highest BCUT2D eigenvalue weighted by Crippen LogP contribution is 2.30. The summed E-state index contributed by atoms with van der Waals surface area (Å²) in [6.45, 7) is 0.183. The van der Waals surface area contributed by atoms with E-state index in [0.717, 1.165) is 0 Å². The van der Waals surface area contributed by atoms with Crippen molar-refractivity contribution in [3.05, 3.63) is 89.2 Å². The van der Waals surface area contributed by atoms with Gasteiger partial charge in [-0.3, -0.25) is 0 Å². The predicted octanol–water partition coefficient (Wildman–Crippen LogP) is 5.49. The first-order valence-corrected chi connectivity index (χ1v) is 9.38. The normalized spacial score (nSPS) is 11.4. The second-order valence-electron chi connectivity index (χ2n) is 6.75. The Bertz CT molecular complexity index is 1320. The number of fused-ring (bicyclic) bond motifs is 1. The van der Waals surface area contributed by atoms with E-state index < -0.39 is 0 Å². The van der Waals surface area contributed by atoms with E-state index in [2.05, 4.69) is 16.0 Å². The summed E-state index contributed by atoms with van der Waals surface area (Å²) in [5.41, 5.74) is 2.75. The minimum Gasteiger partial charge on any atom is -0.493 e. The fourth-order valence-electron chi connectivity index (χ4n) is 3.11. The second kappa shape index (κ2) is 8.67. The highest BCUT2D eigenvalue weighted by atomic mass is 19.1. The SMILES string of the molecule is COc1cc(/C=C(/C#N)c2nc3ccc(F)cc3[nH]2)ccc1OCc1cccc(F)c1. The Morgan fingerprint density at radius 1 is 1.06 bits per heavy atom. The van der Waals surface area contributed by atoms with Gasteiger partial charge in [-0.2, -0.15) is 5.26 Å². The highest BCUT2D eigenvalue weighted by molar-refractivity contribution is 5.90. The number of hydrogen-bond donors (Lipinski definition) is 1. The lowest BCUT2D eigenvalue weighted by Gasteiger charge is -2.11. The Kier molecular flexibility index (Phi) is 5.63. The average molecular weight is 417 g/mol. The molecule has 1 heterocycles. The van der Waals surface area contributed by atoms with Gasteiger partial charge in [0.25, 0.3) is 0 Å². The Morgan fingerprint density at radius 2 is 1.90 bits per heavy atom. The van der Waals surface area contributed by atoms with Crippen molar-refractivity contribution in [1.29, 1.82) is 5.26 Å². The largest absolute Gasteiger partial charge is 0.493 e. The molecule has 31 heavy (non-hydrogen) atoms. The molecule has 0 spiro atoms. The fourth-order valence-corrected chi connectivity index (χ4v) is 3.11. The minimum absolute atomic E-state index is 0.183. The molecule has 7 heteroatoms. The summed E-state index contributed by atoms with van der Waals surface area (Å²) in [4.78, 5) is 7.31. The first kappa shape index (κ1) is 20.1. The van der Waals surface area contributed by atoms with Gasteiger partial charge in [0.15, 0.2) is 11.5 Å². The van der Waals surface area contributed by atoms with Gasteiger partial charge in [0.2, 0.25) is 0 Å². The predicted molar refractivity (Wildman–Crippen MR) is 113 cm³/mol. The summed E-state index contributed by atoms with van der Waals surface area (Å²) < 4.78 is 37.9. The number of aromatic nitrogens is 2. The third-order valence-electron chi connectivity index (χ3n) is 4.60. The van der Waals surface area contributed by atoms with Crippen LogP contribution in [0.1, 0.15) is 17.0 Å². The number of benzene rings is 3. The number of nitrogens with one attached hydrogen (secondary N) is 1. The molecule has 1 N–H and O–H groups in total. The van der Waals surface area contributed by atoms with Crippen molar-refractivity contribution in [2.75, 3.05) is 7.11 Å². The zero-order valence-electron chi connectivity index (χ0n) is 16.5. The first-order valence-electron chi connectivity index (χ1n) is 9.38. The van der Waals surface area contributed by atoms with Crippen LogP contribution in [0.2, 0.25) is 0 Å². The van der Waals surface area contributed by atoms with Crippen LogP contribution in [-0.4, -0.2) is 17.1 Å². The number of nitriles is 1. The number of H-pyrrole nitrogens is 1. The molecule has 0 saturated carbocycles. The summed E-state index contributed by atoms with van der Waals surface area (Å²) in [6.07, 6.45) is 1.65. The Hall–Kier alpha value is -4.18. The molecule has 0 aliphatic heterocycles. The monoisotopic (exact) mass is 417 g/mol. The molecule has 1 aromatic heterocycles. The molecule has 0 aliphatic rings. The van der Waals surface area contributed by atoms with Gasteiger partial charge in [-0.05, 0) is 59.7 Å². The molecule has 0 aliphatic carbocycles. The summed E-state index contributed by atoms with van der Waals surface area (Å²) in [7, 11) is 1.51. The van der Waals surface area contributed by atoms with E-state index in [-0.39, 0.29) is 23.8 Å². The molecule has 0 radical (unpaired) electrons. The number of aromatic amines is 1. The van der Waals surface area contributed by atoms with Gasteiger partial charge in [0, 0.05) is 0 Å². The molecule has 0 atom stereocenters. The van der Waals surface area contributed by atoms with E-state index in [9.17, 15) is 14.0 Å². The smallest absolute Gasteiger partial charge is 0.161 e. The maximum absolute atomic E-state index is 13.4. The number of rotatable bonds is 6. The van der Waals surface area contributed by atoms with Gasteiger partial charge in [0.05, 0.1) is 23.7 Å². The van der Waals surface area contributed by atoms with Crippen LogP contribution in [-0.2, 0) is 6.61 Å². The van der Waals surface area contributed by atoms with Crippen LogP contribution >= 0.6 is 0 Å². The molecule has 0 bridgehead atoms. The van der Waals surface area contributed by atoms with Crippen LogP contribution < -0.4 is 9.47 Å². The van der Waals surface area contributed by atoms with Gasteiger partial charge in [-0.1, -0.05) is 18.2 Å². The number of halogens is 2. The molecular weight excluding hydrogens is 400 g/mol. The van der Waals surface area contributed by atoms with Crippen LogP contribution in [0.25, 0.3) is 22.7 Å². The maximum atomic E-state index is 13.4. The van der Waals surface area contributed by atoms with E-state index in [1.807, 2.05) is 0 Å². The first-order chi connectivity index (χ1) is 15.1. The summed E-state index contributed by atoms with van der Waals surface area (Å²) in [5, 5.41) is 9.60. The van der Waals surface area contributed by atoms with Crippen molar-refractivity contribution >= 4 is 22.7 Å². The molecule has 154 valence electrons. The van der Waals surface area contributed by atoms with Crippen LogP contribution in [0.15, 0.2) is 60.7 Å². The zero-order valence-corrected chi connectivity index (χ0v) is 16.5. The third kappa shape index (κ3) is 4.54. The lowest BCUT2D eigenvalue weighted by Crippen LogP contribution is -1.98. The maximum Gasteiger partial charge on any atom is 0.161 e. The van der Waals surface area contributed by atoms with Crippen LogP contribution in [0, 0.1) is 23.0 Å². The van der Waals surface area contributed by atoms with Gasteiger partial charge in [-0.25, -0.2) is 13.8 Å². The van der Waals surface area contributed by atoms with Crippen molar-refractivity contribution in [3.8, 4) is 17.6 Å². The minimum atomic E-state index is -0.385. The summed E-state index contributed by atoms with van der Waals surface area (Å²) in [5.74, 6) is 0.582. The molecule has 0 fully saturated rings. The Labute approximate surface area is 177 Å². The van der Waals surface area contributed by atoms with Crippen molar-refractivity contribution in [1.82, 2.24) is 9.97 Å². The molecule has 4 rings (SSSR count). The number of ether oxygens (including phenoxy) is 2. The van der Waals surface area contributed by atoms with E-state index >= 15 is 0 Å². The van der Waals surface area contributed by atoms with E-state index in [1.54, 1.807) is 42.5 Å². The van der Waals surface area contributed by atoms with Crippen molar-refractivity contribution in [2.24, 2.45) is 0 Å². The molecule has 0 saturated heterocycles. The highest BCUT2D eigenvalue weighted by Gasteiger charge is 2.11. The van der Waals surface area contributed by atoms with Gasteiger partial charge in [0.1, 0.15) is 30.1 Å². The van der Waals surface area contributed by atoms with Gasteiger partial charge >= 0.3 is 0 Å². The van der Waals surface area contributed by atoms with E-state index in [4.69, 9.17) is 9.47 Å². The second-order valence-corrected chi connectivity index (χ2v) is 6.75. The molecule has 0 amide bonds. The molecule has 5 nitrogen and oxygen atoms in total. The third-order valence-corrected chi connectivity index (χ3v) is 4.60. The molecule has 4 aromatic rings. The van der Waals surface area contributed by atoms with E-state index in [0.29, 0.717) is 39.5 Å². The Balaban J connectivity index is 1.59. The lowest BCUT2D eigenvalue weighted by atomic mass is 10.1. The number of imidazole rings is 1. The molecule has 3 aromatic carbocycles. The van der Waals surface area contributed by atoms with Crippen molar-refractivity contribution < 1.29 is 18.3 Å². The molecular formula is C24H17F2N3O2. The number of methoxy groups -OCH3 is 1. The fraction of sp³-hybridized carbons (Fsp3) is 0.0833. The average Bonchev–Trinajstić information content (AvgIpc) is 3.19. The van der Waals surface area contributed by atoms with E-state index in [1.165, 1.54) is 31.4 Å². The quantitative estimate of drug-likeness (QED) is 0.421. The standard InChI is InChI=1S/C24H17F2N3O2/c1-30-23-11-15(5-8-22(23)31-14-16-3-2-4-18(25)10-16)9-17(13-27)24-28-20-7-6-19(26)12-21(20)29-24/h2-12H,14H2,1H3,(H,28,29)/b17-9-. The number of nitrogens with zero attached hydrogens (tertiary/aromatic N) is 2. The lowest BCUT2D eigenvalue weighted by molar-refractivity contribution is 0.284. The van der Waals surface area contributed by atoms with Crippen LogP contribution in [0.4, 0.5) is 8.78 Å². The number of allylic oxidation sites excluding steroid dienone is 1. The van der Waals surface area contributed by atoms with Crippen LogP contribution in [0.3, 0.4) is 0 Å². The summed E-state index contributed by atoms with van der Waals surface area (Å²) >= 11 is 0. The zero-order chi connectivity index (χ0) is 21.8. The topological polar surface area (TPSA) is 70.9 Å². The molecule has 0 unspecified atom stereocenters. The van der Waals surface area contributed by atoms with Crippen LogP contribution in [0.5, 0.6) is 11.5 Å². The number of hydrogen-bond acceptors (Lipinski definition) is 4. The summed E-state index contributed by atoms with van der Waals surface area (Å²) in [6, 6.07) is 17.7. The van der Waals surface area contributed by atoms with Crippen molar-refractivity contribution in [3.63, 3.8) is 0 Å². The van der Waals surface area contributed by atoms with Gasteiger partial charge < -0.3 is 14.5 Å². The Morgan fingerprint density at radius 3 is 2.68 bits per heavy atom. The van der Waals surface area contributed by atoms with Crippen molar-refractivity contribution in [2.45, 2.75) is 6.61 Å².